The second-order valence-electron chi connectivity index (χ2n) is 5.09. The lowest BCUT2D eigenvalue weighted by Crippen LogP contribution is -2.14. The first-order valence-electron chi connectivity index (χ1n) is 6.54. The van der Waals surface area contributed by atoms with Gasteiger partial charge in [0.25, 0.3) is 0 Å². The molecule has 5 heteroatoms. The highest BCUT2D eigenvalue weighted by Gasteiger charge is 2.27. The molecule has 100 valence electrons. The van der Waals surface area contributed by atoms with Crippen molar-refractivity contribution in [2.24, 2.45) is 5.73 Å². The third-order valence-corrected chi connectivity index (χ3v) is 3.98. The maximum atomic E-state index is 6.12. The van der Waals surface area contributed by atoms with Gasteiger partial charge in [-0.1, -0.05) is 35.0 Å². The number of nitrogens with two attached hydrogens (primary N) is 1. The predicted octanol–water partition coefficient (Wildman–Crippen LogP) is 2.91. The predicted molar refractivity (Wildman–Crippen MR) is 73.1 cm³/mol. The van der Waals surface area contributed by atoms with E-state index >= 15 is 0 Å². The molecule has 0 radical (unpaired) electrons. The molecule has 2 unspecified atom stereocenters. The van der Waals surface area contributed by atoms with Crippen LogP contribution in [0.5, 0.6) is 0 Å². The van der Waals surface area contributed by atoms with Crippen LogP contribution in [0.3, 0.4) is 0 Å². The Hall–Kier alpha value is -1.39. The largest absolute Gasteiger partial charge is 0.339 e. The lowest BCUT2D eigenvalue weighted by Gasteiger charge is -2.01. The van der Waals surface area contributed by atoms with Gasteiger partial charge in [-0.15, -0.1) is 0 Å². The Kier molecular flexibility index (Phi) is 3.53. The van der Waals surface area contributed by atoms with Crippen LogP contribution in [-0.4, -0.2) is 16.2 Å². The van der Waals surface area contributed by atoms with Crippen LogP contribution in [0.25, 0.3) is 0 Å². The Bertz CT molecular complexity index is 569. The van der Waals surface area contributed by atoms with Crippen molar-refractivity contribution >= 4 is 11.6 Å². The van der Waals surface area contributed by atoms with Gasteiger partial charge in [0.05, 0.1) is 0 Å². The lowest BCUT2D eigenvalue weighted by atomic mass is 10.1. The second-order valence-corrected chi connectivity index (χ2v) is 5.49. The van der Waals surface area contributed by atoms with Crippen LogP contribution in [0.4, 0.5) is 0 Å². The van der Waals surface area contributed by atoms with Crippen LogP contribution in [0.2, 0.25) is 5.02 Å². The summed E-state index contributed by atoms with van der Waals surface area (Å²) in [6.07, 6.45) is 3.61. The van der Waals surface area contributed by atoms with Crippen molar-refractivity contribution in [1.29, 1.82) is 0 Å². The molecule has 1 aromatic heterocycles. The summed E-state index contributed by atoms with van der Waals surface area (Å²) in [6, 6.07) is 7.98. The van der Waals surface area contributed by atoms with E-state index in [9.17, 15) is 0 Å². The molecule has 1 saturated carbocycles. The summed E-state index contributed by atoms with van der Waals surface area (Å²) in [5.41, 5.74) is 6.92. The van der Waals surface area contributed by atoms with Gasteiger partial charge in [-0.3, -0.25) is 0 Å². The van der Waals surface area contributed by atoms with Crippen molar-refractivity contribution in [2.45, 2.75) is 37.6 Å². The van der Waals surface area contributed by atoms with E-state index in [1.54, 1.807) is 0 Å². The van der Waals surface area contributed by atoms with E-state index in [0.717, 1.165) is 35.7 Å². The molecule has 1 fully saturated rings. The summed E-state index contributed by atoms with van der Waals surface area (Å²) in [6.45, 7) is 0. The zero-order valence-corrected chi connectivity index (χ0v) is 11.3. The van der Waals surface area contributed by atoms with Crippen molar-refractivity contribution in [3.8, 4) is 0 Å². The second kappa shape index (κ2) is 5.31. The molecular formula is C14H16ClN3O. The number of hydrogen-bond acceptors (Lipinski definition) is 4. The minimum atomic E-state index is 0.268. The topological polar surface area (TPSA) is 64.9 Å². The van der Waals surface area contributed by atoms with E-state index in [1.165, 1.54) is 0 Å². The molecule has 3 rings (SSSR count). The van der Waals surface area contributed by atoms with Gasteiger partial charge >= 0.3 is 0 Å². The van der Waals surface area contributed by atoms with E-state index in [1.807, 2.05) is 24.3 Å². The SMILES string of the molecule is NC1CCC(c2nc(Cc3ccccc3Cl)no2)C1. The number of hydrogen-bond donors (Lipinski definition) is 1. The lowest BCUT2D eigenvalue weighted by molar-refractivity contribution is 0.350. The zero-order valence-electron chi connectivity index (χ0n) is 10.6. The fraction of sp³-hybridized carbons (Fsp3) is 0.429. The third kappa shape index (κ3) is 2.80. The van der Waals surface area contributed by atoms with E-state index in [2.05, 4.69) is 10.1 Å². The molecule has 2 atom stereocenters. The first-order valence-corrected chi connectivity index (χ1v) is 6.91. The molecular weight excluding hydrogens is 262 g/mol. The Morgan fingerprint density at radius 1 is 1.32 bits per heavy atom. The van der Waals surface area contributed by atoms with Crippen molar-refractivity contribution in [3.63, 3.8) is 0 Å². The summed E-state index contributed by atoms with van der Waals surface area (Å²) in [5, 5.41) is 4.77. The molecule has 2 N–H and O–H groups in total. The highest BCUT2D eigenvalue weighted by molar-refractivity contribution is 6.31. The van der Waals surface area contributed by atoms with E-state index < -0.39 is 0 Å². The highest BCUT2D eigenvalue weighted by Crippen LogP contribution is 2.32. The molecule has 1 aliphatic rings. The van der Waals surface area contributed by atoms with E-state index in [0.29, 0.717) is 18.2 Å². The summed E-state index contributed by atoms with van der Waals surface area (Å²) in [5.74, 6) is 1.72. The number of rotatable bonds is 3. The summed E-state index contributed by atoms with van der Waals surface area (Å²) < 4.78 is 5.35. The normalized spacial score (nSPS) is 22.8. The number of aromatic nitrogens is 2. The van der Waals surface area contributed by atoms with Crippen LogP contribution in [-0.2, 0) is 6.42 Å². The molecule has 0 amide bonds. The molecule has 1 aromatic carbocycles. The van der Waals surface area contributed by atoms with Crippen LogP contribution in [0.15, 0.2) is 28.8 Å². The highest BCUT2D eigenvalue weighted by atomic mass is 35.5. The Morgan fingerprint density at radius 2 is 2.16 bits per heavy atom. The average Bonchev–Trinajstić information content (AvgIpc) is 3.01. The minimum Gasteiger partial charge on any atom is -0.339 e. The Labute approximate surface area is 117 Å². The van der Waals surface area contributed by atoms with Gasteiger partial charge in [0.1, 0.15) is 0 Å². The van der Waals surface area contributed by atoms with Crippen molar-refractivity contribution in [3.05, 3.63) is 46.6 Å². The van der Waals surface area contributed by atoms with E-state index in [-0.39, 0.29) is 6.04 Å². The van der Waals surface area contributed by atoms with Crippen LogP contribution in [0, 0.1) is 0 Å². The van der Waals surface area contributed by atoms with Crippen LogP contribution in [0.1, 0.15) is 42.5 Å². The Morgan fingerprint density at radius 3 is 2.89 bits per heavy atom. The van der Waals surface area contributed by atoms with Gasteiger partial charge in [-0.2, -0.15) is 4.98 Å². The number of benzene rings is 1. The maximum Gasteiger partial charge on any atom is 0.229 e. The smallest absolute Gasteiger partial charge is 0.229 e. The monoisotopic (exact) mass is 277 g/mol. The van der Waals surface area contributed by atoms with Gasteiger partial charge in [0.2, 0.25) is 5.89 Å². The van der Waals surface area contributed by atoms with Gasteiger partial charge in [-0.25, -0.2) is 0 Å². The first-order chi connectivity index (χ1) is 9.22. The molecule has 0 spiro atoms. The fourth-order valence-corrected chi connectivity index (χ4v) is 2.76. The third-order valence-electron chi connectivity index (χ3n) is 3.61. The standard InChI is InChI=1S/C14H16ClN3O/c15-12-4-2-1-3-9(12)8-13-17-14(19-18-13)10-5-6-11(16)7-10/h1-4,10-11H,5-8,16H2. The van der Waals surface area contributed by atoms with Gasteiger partial charge in [0.15, 0.2) is 5.82 Å². The molecule has 4 nitrogen and oxygen atoms in total. The average molecular weight is 278 g/mol. The maximum absolute atomic E-state index is 6.12. The van der Waals surface area contributed by atoms with Gasteiger partial charge < -0.3 is 10.3 Å². The fourth-order valence-electron chi connectivity index (χ4n) is 2.56. The van der Waals surface area contributed by atoms with Crippen molar-refractivity contribution in [2.75, 3.05) is 0 Å². The minimum absolute atomic E-state index is 0.268. The Balaban J connectivity index is 1.73. The summed E-state index contributed by atoms with van der Waals surface area (Å²) >= 11 is 6.12. The van der Waals surface area contributed by atoms with Crippen LogP contribution >= 0.6 is 11.6 Å². The molecule has 0 aliphatic heterocycles. The van der Waals surface area contributed by atoms with Crippen molar-refractivity contribution in [1.82, 2.24) is 10.1 Å². The summed E-state index contributed by atoms with van der Waals surface area (Å²) in [4.78, 5) is 4.47. The molecule has 1 heterocycles. The molecule has 19 heavy (non-hydrogen) atoms. The molecule has 1 aliphatic carbocycles. The zero-order chi connectivity index (χ0) is 13.2. The number of nitrogens with zero attached hydrogens (tertiary/aromatic N) is 2. The van der Waals surface area contributed by atoms with Crippen molar-refractivity contribution < 1.29 is 4.52 Å². The van der Waals surface area contributed by atoms with Crippen LogP contribution < -0.4 is 5.73 Å². The van der Waals surface area contributed by atoms with E-state index in [4.69, 9.17) is 21.9 Å². The van der Waals surface area contributed by atoms with Gasteiger partial charge in [-0.05, 0) is 30.9 Å². The summed E-state index contributed by atoms with van der Waals surface area (Å²) in [7, 11) is 0. The quantitative estimate of drug-likeness (QED) is 0.937. The first kappa shape index (κ1) is 12.6. The number of halogens is 1. The van der Waals surface area contributed by atoms with Gasteiger partial charge in [0, 0.05) is 23.4 Å². The molecule has 0 bridgehead atoms. The molecule has 2 aromatic rings. The molecule has 0 saturated heterocycles.